The van der Waals surface area contributed by atoms with Crippen LogP contribution in [0.15, 0.2) is 0 Å². The number of hydrogen-bond acceptors (Lipinski definition) is 0. The molecule has 2 atom stereocenters. The predicted octanol–water partition coefficient (Wildman–Crippen LogP) is 6.98. The lowest BCUT2D eigenvalue weighted by atomic mass is 9.81. The smallest absolute Gasteiger partial charge is 0.0127 e. The van der Waals surface area contributed by atoms with Gasteiger partial charge in [-0.3, -0.25) is 0 Å². The van der Waals surface area contributed by atoms with Crippen LogP contribution in [0, 0.1) is 5.92 Å². The minimum atomic E-state index is 0.510. The van der Waals surface area contributed by atoms with Crippen LogP contribution < -0.4 is 0 Å². The van der Waals surface area contributed by atoms with Crippen molar-refractivity contribution in [3.05, 3.63) is 0 Å². The molecule has 0 aliphatic carbocycles. The lowest BCUT2D eigenvalue weighted by molar-refractivity contribution is 0.313. The van der Waals surface area contributed by atoms with Gasteiger partial charge in [0.05, 0.1) is 0 Å². The Morgan fingerprint density at radius 2 is 1.21 bits per heavy atom. The van der Waals surface area contributed by atoms with Crippen molar-refractivity contribution in [1.29, 1.82) is 0 Å². The summed E-state index contributed by atoms with van der Waals surface area (Å²) in [4.78, 5) is 0. The fraction of sp³-hybridized carbons (Fsp3) is 1.00. The Balaban J connectivity index is 3.67. The molecular formula is C18H39P. The summed E-state index contributed by atoms with van der Waals surface area (Å²) in [5.41, 5.74) is 0. The molecular weight excluding hydrogens is 247 g/mol. The van der Waals surface area contributed by atoms with E-state index in [2.05, 4.69) is 36.9 Å². The predicted molar refractivity (Wildman–Crippen MR) is 94.0 cm³/mol. The maximum Gasteiger partial charge on any atom is -0.0127 e. The molecule has 0 saturated carbocycles. The molecule has 0 aromatic heterocycles. The standard InChI is InChI=1S/C18H39P/c1-5-9-10-11-12-13-14-15-16-17(6-2)18(19,7-3)8-4/h17H,5-16,19H2,1-4H3. The second-order valence-corrected chi connectivity index (χ2v) is 7.46. The second kappa shape index (κ2) is 12.2. The average molecular weight is 286 g/mol. The highest BCUT2D eigenvalue weighted by molar-refractivity contribution is 7.19. The van der Waals surface area contributed by atoms with Gasteiger partial charge in [-0.25, -0.2) is 0 Å². The number of unbranched alkanes of at least 4 members (excludes halogenated alkanes) is 7. The molecule has 0 aliphatic heterocycles. The van der Waals surface area contributed by atoms with Crippen molar-refractivity contribution in [3.63, 3.8) is 0 Å². The molecule has 0 bridgehead atoms. The highest BCUT2D eigenvalue weighted by atomic mass is 31.0. The van der Waals surface area contributed by atoms with E-state index >= 15 is 0 Å². The topological polar surface area (TPSA) is 0 Å². The van der Waals surface area contributed by atoms with Crippen LogP contribution in [0.1, 0.15) is 105 Å². The van der Waals surface area contributed by atoms with Gasteiger partial charge in [0.1, 0.15) is 0 Å². The summed E-state index contributed by atoms with van der Waals surface area (Å²) < 4.78 is 0. The first kappa shape index (κ1) is 19.4. The molecule has 0 aromatic rings. The number of rotatable bonds is 13. The Kier molecular flexibility index (Phi) is 12.5. The summed E-state index contributed by atoms with van der Waals surface area (Å²) in [6, 6.07) is 0. The minimum absolute atomic E-state index is 0.510. The van der Waals surface area contributed by atoms with E-state index in [0.717, 1.165) is 5.92 Å². The van der Waals surface area contributed by atoms with Crippen molar-refractivity contribution in [2.75, 3.05) is 0 Å². The summed E-state index contributed by atoms with van der Waals surface area (Å²) >= 11 is 0. The molecule has 0 heterocycles. The van der Waals surface area contributed by atoms with E-state index in [4.69, 9.17) is 0 Å². The van der Waals surface area contributed by atoms with Crippen LogP contribution in [-0.2, 0) is 0 Å². The molecule has 0 rings (SSSR count). The number of hydrogen-bond donors (Lipinski definition) is 0. The highest BCUT2D eigenvalue weighted by Crippen LogP contribution is 2.39. The second-order valence-electron chi connectivity index (χ2n) is 6.31. The van der Waals surface area contributed by atoms with Crippen molar-refractivity contribution >= 4 is 9.24 Å². The van der Waals surface area contributed by atoms with Gasteiger partial charge in [0.25, 0.3) is 0 Å². The van der Waals surface area contributed by atoms with Crippen molar-refractivity contribution in [3.8, 4) is 0 Å². The summed E-state index contributed by atoms with van der Waals surface area (Å²) in [5, 5.41) is 0.510. The Hall–Kier alpha value is 0.430. The lowest BCUT2D eigenvalue weighted by Gasteiger charge is -2.36. The maximum atomic E-state index is 3.18. The van der Waals surface area contributed by atoms with Crippen LogP contribution in [0.3, 0.4) is 0 Å². The van der Waals surface area contributed by atoms with Crippen LogP contribution in [0.4, 0.5) is 0 Å². The fourth-order valence-corrected chi connectivity index (χ4v) is 3.65. The first-order valence-electron chi connectivity index (χ1n) is 8.93. The largest absolute Gasteiger partial charge is 0.131 e. The van der Waals surface area contributed by atoms with E-state index in [-0.39, 0.29) is 0 Å². The zero-order valence-corrected chi connectivity index (χ0v) is 15.3. The van der Waals surface area contributed by atoms with Gasteiger partial charge in [0.2, 0.25) is 0 Å². The molecule has 0 saturated heterocycles. The monoisotopic (exact) mass is 286 g/mol. The van der Waals surface area contributed by atoms with Crippen LogP contribution >= 0.6 is 9.24 Å². The van der Waals surface area contributed by atoms with Gasteiger partial charge in [-0.15, -0.1) is 9.24 Å². The van der Waals surface area contributed by atoms with E-state index in [1.54, 1.807) is 0 Å². The van der Waals surface area contributed by atoms with Gasteiger partial charge in [0, 0.05) is 0 Å². The molecule has 0 aromatic carbocycles. The molecule has 1 heteroatoms. The Bertz CT molecular complexity index is 184. The van der Waals surface area contributed by atoms with Crippen molar-refractivity contribution in [2.45, 2.75) is 110 Å². The van der Waals surface area contributed by atoms with E-state index in [0.29, 0.717) is 5.16 Å². The van der Waals surface area contributed by atoms with Crippen molar-refractivity contribution < 1.29 is 0 Å². The van der Waals surface area contributed by atoms with E-state index in [1.165, 1.54) is 77.0 Å². The van der Waals surface area contributed by atoms with Crippen LogP contribution in [0.5, 0.6) is 0 Å². The normalized spacial score (nSPS) is 13.7. The highest BCUT2D eigenvalue weighted by Gasteiger charge is 2.28. The molecule has 0 fully saturated rings. The molecule has 19 heavy (non-hydrogen) atoms. The van der Waals surface area contributed by atoms with Crippen LogP contribution in [0.25, 0.3) is 0 Å². The van der Waals surface area contributed by atoms with Crippen molar-refractivity contribution in [1.82, 2.24) is 0 Å². The van der Waals surface area contributed by atoms with Crippen molar-refractivity contribution in [2.24, 2.45) is 5.92 Å². The molecule has 0 nitrogen and oxygen atoms in total. The van der Waals surface area contributed by atoms with E-state index < -0.39 is 0 Å². The minimum Gasteiger partial charge on any atom is -0.131 e. The Labute approximate surface area is 125 Å². The Morgan fingerprint density at radius 3 is 1.63 bits per heavy atom. The maximum absolute atomic E-state index is 3.18. The Morgan fingerprint density at radius 1 is 0.737 bits per heavy atom. The summed E-state index contributed by atoms with van der Waals surface area (Å²) in [6.45, 7) is 9.38. The van der Waals surface area contributed by atoms with Gasteiger partial charge in [-0.1, -0.05) is 85.5 Å². The third kappa shape index (κ3) is 8.34. The fourth-order valence-electron chi connectivity index (χ4n) is 3.25. The van der Waals surface area contributed by atoms with E-state index in [1.807, 2.05) is 0 Å². The van der Waals surface area contributed by atoms with Gasteiger partial charge in [-0.2, -0.15) is 0 Å². The van der Waals surface area contributed by atoms with Crippen LogP contribution in [-0.4, -0.2) is 5.16 Å². The molecule has 0 amide bonds. The van der Waals surface area contributed by atoms with Crippen LogP contribution in [0.2, 0.25) is 0 Å². The molecule has 116 valence electrons. The van der Waals surface area contributed by atoms with Gasteiger partial charge < -0.3 is 0 Å². The van der Waals surface area contributed by atoms with Gasteiger partial charge in [-0.05, 0) is 30.3 Å². The molecule has 0 aliphatic rings. The van der Waals surface area contributed by atoms with E-state index in [9.17, 15) is 0 Å². The summed E-state index contributed by atoms with van der Waals surface area (Å²) in [5.74, 6) is 0.910. The third-order valence-corrected chi connectivity index (χ3v) is 6.32. The third-order valence-electron chi connectivity index (χ3n) is 5.03. The molecule has 2 unspecified atom stereocenters. The molecule has 0 N–H and O–H groups in total. The summed E-state index contributed by atoms with van der Waals surface area (Å²) in [6.07, 6.45) is 16.9. The first-order valence-corrected chi connectivity index (χ1v) is 9.51. The zero-order chi connectivity index (χ0) is 14.6. The van der Waals surface area contributed by atoms with Gasteiger partial charge >= 0.3 is 0 Å². The summed E-state index contributed by atoms with van der Waals surface area (Å²) in [7, 11) is 3.18. The zero-order valence-electron chi connectivity index (χ0n) is 14.1. The average Bonchev–Trinajstić information content (AvgIpc) is 2.45. The molecule has 0 spiro atoms. The quantitative estimate of drug-likeness (QED) is 0.253. The first-order chi connectivity index (χ1) is 9.14. The molecule has 0 radical (unpaired) electrons. The lowest BCUT2D eigenvalue weighted by Crippen LogP contribution is -2.29. The van der Waals surface area contributed by atoms with Gasteiger partial charge in [0.15, 0.2) is 0 Å². The SMILES string of the molecule is CCCCCCCCCCC(CC)C(P)(CC)CC.